The van der Waals surface area contributed by atoms with Gasteiger partial charge >= 0.3 is 12.1 Å². The number of carbonyl (C=O) groups excluding carboxylic acids is 3. The number of para-hydroxylation sites is 2. The van der Waals surface area contributed by atoms with Gasteiger partial charge in [0.15, 0.2) is 17.2 Å². The van der Waals surface area contributed by atoms with Crippen LogP contribution in [0.5, 0.6) is 17.2 Å². The van der Waals surface area contributed by atoms with Crippen LogP contribution in [0.25, 0.3) is 0 Å². The summed E-state index contributed by atoms with van der Waals surface area (Å²) in [7, 11) is 1.65. The van der Waals surface area contributed by atoms with E-state index in [0.29, 0.717) is 28.6 Å². The minimum absolute atomic E-state index is 0.129. The van der Waals surface area contributed by atoms with Gasteiger partial charge in [-0.3, -0.25) is 4.79 Å². The minimum Gasteiger partial charge on any atom is -0.485 e. The number of fused-ring (bicyclic) bond motifs is 2. The van der Waals surface area contributed by atoms with E-state index >= 15 is 0 Å². The molecule has 3 aromatic rings. The molecule has 0 radical (unpaired) electrons. The van der Waals surface area contributed by atoms with Crippen LogP contribution in [0.1, 0.15) is 24.2 Å². The number of rotatable bonds is 7. The quantitative estimate of drug-likeness (QED) is 0.319. The summed E-state index contributed by atoms with van der Waals surface area (Å²) in [6.45, 7) is 4.04. The number of hydrogen-bond acceptors (Lipinski definition) is 7. The van der Waals surface area contributed by atoms with Crippen LogP contribution in [0.15, 0.2) is 66.7 Å². The molecule has 12 heteroatoms. The number of aliphatic hydroxyl groups excluding tert-OH is 1. The van der Waals surface area contributed by atoms with E-state index in [0.717, 1.165) is 0 Å². The van der Waals surface area contributed by atoms with Gasteiger partial charge in [-0.1, -0.05) is 31.2 Å². The van der Waals surface area contributed by atoms with Crippen LogP contribution in [0.4, 0.5) is 26.7 Å². The molecule has 4 N–H and O–H groups in total. The van der Waals surface area contributed by atoms with Gasteiger partial charge in [0.25, 0.3) is 5.91 Å². The largest absolute Gasteiger partial charge is 0.485 e. The van der Waals surface area contributed by atoms with Crippen LogP contribution in [0.2, 0.25) is 0 Å². The van der Waals surface area contributed by atoms with E-state index in [9.17, 15) is 19.5 Å². The Morgan fingerprint density at radius 2 is 1.77 bits per heavy atom. The van der Waals surface area contributed by atoms with Crippen LogP contribution >= 0.6 is 0 Å². The van der Waals surface area contributed by atoms with Gasteiger partial charge in [-0.25, -0.2) is 9.59 Å². The Bertz CT molecular complexity index is 1480. The summed E-state index contributed by atoms with van der Waals surface area (Å²) in [4.78, 5) is 42.9. The minimum atomic E-state index is -0.576. The van der Waals surface area contributed by atoms with Crippen LogP contribution in [0.3, 0.4) is 0 Å². The summed E-state index contributed by atoms with van der Waals surface area (Å²) in [5.41, 5.74) is 1.67. The molecule has 0 aromatic heterocycles. The molecule has 5 amide bonds. The fourth-order valence-corrected chi connectivity index (χ4v) is 4.91. The standard InChI is InChI=1S/C31H35N5O7/c1-19-15-36(20(2)17-37)29(38)23-10-7-11-24(34-30(39)32-21-8-5-4-6-9-21)28(23)43-27(19)16-35(3)31(40)33-22-12-13-25-26(14-22)42-18-41-25/h4-14,19-20,27,37H,15-18H2,1-3H3,(H,33,40)(H2,32,34,39)/t19-,20-,27+/m0/s1. The molecule has 0 bridgehead atoms. The first-order chi connectivity index (χ1) is 20.7. The van der Waals surface area contributed by atoms with Crippen molar-refractivity contribution >= 4 is 35.0 Å². The highest BCUT2D eigenvalue weighted by Crippen LogP contribution is 2.36. The van der Waals surface area contributed by atoms with E-state index in [4.69, 9.17) is 14.2 Å². The number of carbonyl (C=O) groups is 3. The van der Waals surface area contributed by atoms with Crippen LogP contribution in [0, 0.1) is 5.92 Å². The van der Waals surface area contributed by atoms with Crippen LogP contribution in [-0.2, 0) is 0 Å². The second-order valence-corrected chi connectivity index (χ2v) is 10.6. The van der Waals surface area contributed by atoms with Crippen LogP contribution < -0.4 is 30.2 Å². The van der Waals surface area contributed by atoms with E-state index in [2.05, 4.69) is 16.0 Å². The summed E-state index contributed by atoms with van der Waals surface area (Å²) in [5, 5.41) is 18.4. The number of nitrogens with one attached hydrogen (secondary N) is 3. The van der Waals surface area contributed by atoms with Gasteiger partial charge in [0.2, 0.25) is 6.79 Å². The Kier molecular flexibility index (Phi) is 8.86. The summed E-state index contributed by atoms with van der Waals surface area (Å²) in [6, 6.07) is 17.7. The third kappa shape index (κ3) is 6.75. The lowest BCUT2D eigenvalue weighted by atomic mass is 9.99. The predicted octanol–water partition coefficient (Wildman–Crippen LogP) is 4.44. The highest BCUT2D eigenvalue weighted by Gasteiger charge is 2.35. The lowest BCUT2D eigenvalue weighted by Crippen LogP contribution is -2.50. The SMILES string of the molecule is C[C@H]1CN([C@@H](C)CO)C(=O)c2cccc(NC(=O)Nc3ccccc3)c2O[C@@H]1CN(C)C(=O)Nc1ccc2c(c1)OCO2. The number of benzene rings is 3. The predicted molar refractivity (Wildman–Crippen MR) is 161 cm³/mol. The molecule has 43 heavy (non-hydrogen) atoms. The van der Waals surface area contributed by atoms with E-state index < -0.39 is 18.2 Å². The molecule has 0 fully saturated rings. The summed E-state index contributed by atoms with van der Waals surface area (Å²) >= 11 is 0. The van der Waals surface area contributed by atoms with Crippen molar-refractivity contribution in [2.24, 2.45) is 5.92 Å². The molecule has 0 unspecified atom stereocenters. The Balaban J connectivity index is 1.39. The zero-order valence-corrected chi connectivity index (χ0v) is 24.2. The number of anilines is 3. The average molecular weight is 590 g/mol. The maximum absolute atomic E-state index is 13.7. The molecular weight excluding hydrogens is 554 g/mol. The van der Waals surface area contributed by atoms with Gasteiger partial charge in [0.05, 0.1) is 30.4 Å². The third-order valence-electron chi connectivity index (χ3n) is 7.40. The zero-order valence-electron chi connectivity index (χ0n) is 24.2. The number of hydrogen-bond donors (Lipinski definition) is 4. The van der Waals surface area contributed by atoms with E-state index in [1.165, 1.54) is 4.90 Å². The lowest BCUT2D eigenvalue weighted by Gasteiger charge is -2.38. The second-order valence-electron chi connectivity index (χ2n) is 10.6. The van der Waals surface area contributed by atoms with E-state index in [1.807, 2.05) is 13.0 Å². The van der Waals surface area contributed by atoms with Crippen molar-refractivity contribution in [2.45, 2.75) is 26.0 Å². The number of likely N-dealkylation sites (N-methyl/N-ethyl adjacent to an activating group) is 1. The highest BCUT2D eigenvalue weighted by molar-refractivity contribution is 6.04. The van der Waals surface area contributed by atoms with E-state index in [1.54, 1.807) is 79.5 Å². The lowest BCUT2D eigenvalue weighted by molar-refractivity contribution is 0.0373. The van der Waals surface area contributed by atoms with Gasteiger partial charge in [-0.2, -0.15) is 0 Å². The zero-order chi connectivity index (χ0) is 30.5. The fraction of sp³-hybridized carbons (Fsp3) is 0.323. The second kappa shape index (κ2) is 12.9. The molecule has 12 nitrogen and oxygen atoms in total. The molecule has 3 atom stereocenters. The van der Waals surface area contributed by atoms with Gasteiger partial charge in [-0.15, -0.1) is 0 Å². The van der Waals surface area contributed by atoms with Crippen molar-refractivity contribution < 1.29 is 33.7 Å². The maximum Gasteiger partial charge on any atom is 0.323 e. The Morgan fingerprint density at radius 1 is 1.00 bits per heavy atom. The Labute approximate surface area is 249 Å². The van der Waals surface area contributed by atoms with Gasteiger partial charge in [0.1, 0.15) is 6.10 Å². The van der Waals surface area contributed by atoms with Crippen LogP contribution in [-0.4, -0.2) is 78.6 Å². The molecule has 0 spiro atoms. The first kappa shape index (κ1) is 29.5. The Hall–Kier alpha value is -4.97. The van der Waals surface area contributed by atoms with Crippen molar-refractivity contribution in [1.82, 2.24) is 9.80 Å². The first-order valence-corrected chi connectivity index (χ1v) is 14.0. The van der Waals surface area contributed by atoms with Crippen molar-refractivity contribution in [3.8, 4) is 17.2 Å². The van der Waals surface area contributed by atoms with Crippen molar-refractivity contribution in [3.63, 3.8) is 0 Å². The molecule has 0 saturated heterocycles. The van der Waals surface area contributed by atoms with Crippen molar-refractivity contribution in [3.05, 3.63) is 72.3 Å². The highest BCUT2D eigenvalue weighted by atomic mass is 16.7. The number of ether oxygens (including phenoxy) is 3. The fourth-order valence-electron chi connectivity index (χ4n) is 4.91. The molecule has 0 saturated carbocycles. The van der Waals surface area contributed by atoms with Crippen molar-refractivity contribution in [2.75, 3.05) is 49.5 Å². The van der Waals surface area contributed by atoms with Gasteiger partial charge in [-0.05, 0) is 43.3 Å². The number of amides is 5. The molecular formula is C31H35N5O7. The number of urea groups is 2. The molecule has 3 aromatic carbocycles. The topological polar surface area (TPSA) is 142 Å². The molecule has 2 aliphatic heterocycles. The molecule has 2 aliphatic rings. The van der Waals surface area contributed by atoms with Gasteiger partial charge in [0, 0.05) is 37.0 Å². The number of aliphatic hydroxyl groups is 1. The summed E-state index contributed by atoms with van der Waals surface area (Å²) in [6.07, 6.45) is -0.576. The van der Waals surface area contributed by atoms with E-state index in [-0.39, 0.29) is 55.7 Å². The Morgan fingerprint density at radius 3 is 2.53 bits per heavy atom. The maximum atomic E-state index is 13.7. The normalized spacial score (nSPS) is 18.0. The monoisotopic (exact) mass is 589 g/mol. The average Bonchev–Trinajstić information content (AvgIpc) is 3.47. The molecule has 226 valence electrons. The first-order valence-electron chi connectivity index (χ1n) is 14.0. The van der Waals surface area contributed by atoms with Gasteiger partial charge < -0.3 is 45.1 Å². The summed E-state index contributed by atoms with van der Waals surface area (Å²) < 4.78 is 17.2. The van der Waals surface area contributed by atoms with Crippen molar-refractivity contribution in [1.29, 1.82) is 0 Å². The smallest absolute Gasteiger partial charge is 0.323 e. The molecule has 0 aliphatic carbocycles. The summed E-state index contributed by atoms with van der Waals surface area (Å²) in [5.74, 6) is 0.765. The molecule has 2 heterocycles. The molecule has 5 rings (SSSR count). The number of nitrogens with zero attached hydrogens (tertiary/aromatic N) is 2. The third-order valence-corrected chi connectivity index (χ3v) is 7.40.